The molecule has 0 spiro atoms. The summed E-state index contributed by atoms with van der Waals surface area (Å²) < 4.78 is 9.79. The lowest BCUT2D eigenvalue weighted by atomic mass is 10.1. The van der Waals surface area contributed by atoms with Gasteiger partial charge in [-0.2, -0.15) is 0 Å². The average Bonchev–Trinajstić information content (AvgIpc) is 2.69. The van der Waals surface area contributed by atoms with E-state index >= 15 is 0 Å². The smallest absolute Gasteiger partial charge is 0.338 e. The molecular formula is C18H17Cl2N3O6. The van der Waals surface area contributed by atoms with E-state index in [2.05, 4.69) is 10.6 Å². The van der Waals surface area contributed by atoms with E-state index in [1.54, 1.807) is 6.07 Å². The van der Waals surface area contributed by atoms with Crippen LogP contribution < -0.4 is 10.6 Å². The predicted molar refractivity (Wildman–Crippen MR) is 109 cm³/mol. The summed E-state index contributed by atoms with van der Waals surface area (Å²) >= 11 is 11.9. The van der Waals surface area contributed by atoms with Crippen LogP contribution in [0.25, 0.3) is 0 Å². The largest absolute Gasteiger partial charge is 0.452 e. The van der Waals surface area contributed by atoms with Crippen LogP contribution in [0.4, 0.5) is 17.1 Å². The fourth-order valence-corrected chi connectivity index (χ4v) is 2.75. The fourth-order valence-electron chi connectivity index (χ4n) is 2.25. The Morgan fingerprint density at radius 3 is 2.48 bits per heavy atom. The van der Waals surface area contributed by atoms with Gasteiger partial charge in [-0.25, -0.2) is 4.79 Å². The van der Waals surface area contributed by atoms with Crippen molar-refractivity contribution in [2.24, 2.45) is 0 Å². The summed E-state index contributed by atoms with van der Waals surface area (Å²) in [5.74, 6) is -1.56. The van der Waals surface area contributed by atoms with Gasteiger partial charge < -0.3 is 20.1 Å². The molecule has 2 rings (SSSR count). The van der Waals surface area contributed by atoms with E-state index in [4.69, 9.17) is 32.7 Å². The zero-order chi connectivity index (χ0) is 21.4. The van der Waals surface area contributed by atoms with Gasteiger partial charge in [-0.05, 0) is 24.3 Å². The first-order valence-electron chi connectivity index (χ1n) is 8.25. The third-order valence-electron chi connectivity index (χ3n) is 3.61. The van der Waals surface area contributed by atoms with Crippen molar-refractivity contribution in [3.63, 3.8) is 0 Å². The second kappa shape index (κ2) is 10.6. The highest BCUT2D eigenvalue weighted by Gasteiger charge is 2.19. The molecule has 2 N–H and O–H groups in total. The van der Waals surface area contributed by atoms with Gasteiger partial charge in [0.15, 0.2) is 6.61 Å². The lowest BCUT2D eigenvalue weighted by Crippen LogP contribution is -2.21. The number of halogens is 2. The lowest BCUT2D eigenvalue weighted by molar-refractivity contribution is -0.384. The number of nitrogens with one attached hydrogen (secondary N) is 2. The molecule has 0 radical (unpaired) electrons. The molecule has 154 valence electrons. The molecule has 0 aliphatic rings. The summed E-state index contributed by atoms with van der Waals surface area (Å²) in [6.45, 7) is 0.0828. The number of carbonyl (C=O) groups is 2. The van der Waals surface area contributed by atoms with Crippen LogP contribution in [-0.4, -0.2) is 43.7 Å². The van der Waals surface area contributed by atoms with Crippen LogP contribution in [-0.2, 0) is 14.3 Å². The van der Waals surface area contributed by atoms with Gasteiger partial charge in [0.2, 0.25) is 0 Å². The first-order valence-corrected chi connectivity index (χ1v) is 9.01. The summed E-state index contributed by atoms with van der Waals surface area (Å²) in [7, 11) is 1.50. The highest BCUT2D eigenvalue weighted by molar-refractivity contribution is 6.39. The van der Waals surface area contributed by atoms with Gasteiger partial charge >= 0.3 is 5.97 Å². The molecule has 0 heterocycles. The monoisotopic (exact) mass is 441 g/mol. The Kier molecular flexibility index (Phi) is 8.20. The Morgan fingerprint density at radius 2 is 1.86 bits per heavy atom. The molecule has 1 amide bonds. The van der Waals surface area contributed by atoms with Gasteiger partial charge in [-0.15, -0.1) is 0 Å². The summed E-state index contributed by atoms with van der Waals surface area (Å²) in [6.07, 6.45) is 0. The number of para-hydroxylation sites is 1. The number of hydrogen-bond acceptors (Lipinski definition) is 7. The average molecular weight is 442 g/mol. The molecule has 9 nitrogen and oxygen atoms in total. The molecule has 29 heavy (non-hydrogen) atoms. The van der Waals surface area contributed by atoms with Crippen molar-refractivity contribution >= 4 is 52.1 Å². The Balaban J connectivity index is 2.02. The van der Waals surface area contributed by atoms with Gasteiger partial charge in [0.1, 0.15) is 5.69 Å². The number of nitrogens with zero attached hydrogens (tertiary/aromatic N) is 1. The lowest BCUT2D eigenvalue weighted by Gasteiger charge is -2.10. The van der Waals surface area contributed by atoms with Crippen molar-refractivity contribution in [1.29, 1.82) is 0 Å². The Bertz CT molecular complexity index is 902. The van der Waals surface area contributed by atoms with Crippen molar-refractivity contribution < 1.29 is 24.0 Å². The van der Waals surface area contributed by atoms with Gasteiger partial charge in [0.05, 0.1) is 32.8 Å². The highest BCUT2D eigenvalue weighted by atomic mass is 35.5. The van der Waals surface area contributed by atoms with Crippen LogP contribution >= 0.6 is 23.2 Å². The topological polar surface area (TPSA) is 120 Å². The SMILES string of the molecule is COCCNc1ccc(C(=O)OCC(=O)Nc2c(Cl)cccc2Cl)cc1[N+](=O)[O-]. The zero-order valence-electron chi connectivity index (χ0n) is 15.2. The number of anilines is 2. The summed E-state index contributed by atoms with van der Waals surface area (Å²) in [6, 6.07) is 8.50. The van der Waals surface area contributed by atoms with Crippen molar-refractivity contribution in [3.8, 4) is 0 Å². The third-order valence-corrected chi connectivity index (χ3v) is 4.24. The Morgan fingerprint density at radius 1 is 1.17 bits per heavy atom. The molecule has 0 aromatic heterocycles. The number of esters is 1. The highest BCUT2D eigenvalue weighted by Crippen LogP contribution is 2.29. The first kappa shape index (κ1) is 22.4. The van der Waals surface area contributed by atoms with Crippen molar-refractivity contribution in [3.05, 3.63) is 62.1 Å². The van der Waals surface area contributed by atoms with Crippen LogP contribution in [0.3, 0.4) is 0 Å². The van der Waals surface area contributed by atoms with Crippen LogP contribution in [0.15, 0.2) is 36.4 Å². The molecule has 11 heteroatoms. The quantitative estimate of drug-likeness (QED) is 0.263. The predicted octanol–water partition coefficient (Wildman–Crippen LogP) is 3.76. The first-order chi connectivity index (χ1) is 13.8. The molecular weight excluding hydrogens is 425 g/mol. The van der Waals surface area contributed by atoms with E-state index < -0.39 is 23.4 Å². The summed E-state index contributed by atoms with van der Waals surface area (Å²) in [4.78, 5) is 34.8. The molecule has 0 aliphatic carbocycles. The minimum atomic E-state index is -0.892. The van der Waals surface area contributed by atoms with E-state index in [-0.39, 0.29) is 32.7 Å². The van der Waals surface area contributed by atoms with E-state index in [0.717, 1.165) is 6.07 Å². The van der Waals surface area contributed by atoms with E-state index in [9.17, 15) is 19.7 Å². The molecule has 0 saturated heterocycles. The van der Waals surface area contributed by atoms with Gasteiger partial charge in [-0.1, -0.05) is 29.3 Å². The Hall–Kier alpha value is -2.88. The molecule has 0 fully saturated rings. The number of rotatable bonds is 9. The van der Waals surface area contributed by atoms with Crippen LogP contribution in [0.5, 0.6) is 0 Å². The van der Waals surface area contributed by atoms with E-state index in [1.165, 1.54) is 31.4 Å². The number of nitro groups is 1. The molecule has 0 atom stereocenters. The maximum atomic E-state index is 12.2. The molecule has 2 aromatic carbocycles. The summed E-state index contributed by atoms with van der Waals surface area (Å²) in [5.41, 5.74) is 0.0501. The molecule has 0 bridgehead atoms. The van der Waals surface area contributed by atoms with E-state index in [0.29, 0.717) is 13.2 Å². The number of nitro benzene ring substituents is 1. The number of benzene rings is 2. The minimum Gasteiger partial charge on any atom is -0.452 e. The maximum absolute atomic E-state index is 12.2. The number of carbonyl (C=O) groups excluding carboxylic acids is 2. The van der Waals surface area contributed by atoms with E-state index in [1.807, 2.05) is 0 Å². The van der Waals surface area contributed by atoms with Crippen LogP contribution in [0, 0.1) is 10.1 Å². The fraction of sp³-hybridized carbons (Fsp3) is 0.222. The molecule has 0 unspecified atom stereocenters. The normalized spacial score (nSPS) is 10.3. The van der Waals surface area contributed by atoms with Crippen molar-refractivity contribution in [2.45, 2.75) is 0 Å². The summed E-state index contributed by atoms with van der Waals surface area (Å²) in [5, 5.41) is 17.0. The standard InChI is InChI=1S/C18H17Cl2N3O6/c1-28-8-7-21-14-6-5-11(9-15(14)23(26)27)18(25)29-10-16(24)22-17-12(19)3-2-4-13(17)20/h2-6,9,21H,7-8,10H2,1H3,(H,22,24). The third kappa shape index (κ3) is 6.31. The number of amides is 1. The molecule has 0 saturated carbocycles. The van der Waals surface area contributed by atoms with Gasteiger partial charge in [0, 0.05) is 19.7 Å². The van der Waals surface area contributed by atoms with Gasteiger partial charge in [-0.3, -0.25) is 14.9 Å². The molecule has 2 aromatic rings. The van der Waals surface area contributed by atoms with Crippen molar-refractivity contribution in [1.82, 2.24) is 0 Å². The maximum Gasteiger partial charge on any atom is 0.338 e. The van der Waals surface area contributed by atoms with Gasteiger partial charge in [0.25, 0.3) is 11.6 Å². The number of ether oxygens (including phenoxy) is 2. The van der Waals surface area contributed by atoms with Crippen LogP contribution in [0.1, 0.15) is 10.4 Å². The van der Waals surface area contributed by atoms with Crippen molar-refractivity contribution in [2.75, 3.05) is 37.5 Å². The number of hydrogen-bond donors (Lipinski definition) is 2. The molecule has 0 aliphatic heterocycles. The zero-order valence-corrected chi connectivity index (χ0v) is 16.7. The second-order valence-corrected chi connectivity index (χ2v) is 6.44. The number of methoxy groups -OCH3 is 1. The van der Waals surface area contributed by atoms with Crippen LogP contribution in [0.2, 0.25) is 10.0 Å². The Labute approximate surface area is 176 Å². The second-order valence-electron chi connectivity index (χ2n) is 5.63. The minimum absolute atomic E-state index is 0.0717.